The summed E-state index contributed by atoms with van der Waals surface area (Å²) in [7, 11) is 0. The van der Waals surface area contributed by atoms with Crippen molar-refractivity contribution in [2.24, 2.45) is 5.92 Å². The zero-order valence-corrected chi connectivity index (χ0v) is 16.4. The van der Waals surface area contributed by atoms with E-state index < -0.39 is 0 Å². The maximum atomic E-state index is 13.0. The molecule has 0 fully saturated rings. The van der Waals surface area contributed by atoms with Crippen LogP contribution in [0.4, 0.5) is 0 Å². The number of benzene rings is 2. The summed E-state index contributed by atoms with van der Waals surface area (Å²) in [6.07, 6.45) is 0. The first-order chi connectivity index (χ1) is 12.9. The normalized spacial score (nSPS) is 15.4. The minimum Gasteiger partial charge on any atom is -0.507 e. The van der Waals surface area contributed by atoms with E-state index in [2.05, 4.69) is 0 Å². The monoisotopic (exact) mass is 390 g/mol. The molecule has 0 amide bonds. The standard InChI is InChI=1S/C21H23ClO5/c1-4-26-16-5-6-17(19(23)9-16)20(24)13(3)12(2)18-8-15(22)7-14-10-25-11-27-21(14)18/h5-9,12-13,23H,4,10-11H2,1-3H3/t12-,13+/m0/s1. The predicted molar refractivity (Wildman–Crippen MR) is 103 cm³/mol. The number of rotatable bonds is 6. The second-order valence-electron chi connectivity index (χ2n) is 6.65. The minimum atomic E-state index is -0.386. The lowest BCUT2D eigenvalue weighted by atomic mass is 9.82. The molecule has 1 heterocycles. The Bertz CT molecular complexity index is 849. The highest BCUT2D eigenvalue weighted by molar-refractivity contribution is 6.30. The fourth-order valence-corrected chi connectivity index (χ4v) is 3.51. The lowest BCUT2D eigenvalue weighted by Gasteiger charge is -2.26. The first-order valence-corrected chi connectivity index (χ1v) is 9.33. The van der Waals surface area contributed by atoms with Gasteiger partial charge in [-0.05, 0) is 42.7 Å². The van der Waals surface area contributed by atoms with E-state index in [1.807, 2.05) is 32.9 Å². The van der Waals surface area contributed by atoms with E-state index in [9.17, 15) is 9.90 Å². The number of halogens is 1. The molecule has 0 saturated carbocycles. The molecule has 2 aromatic carbocycles. The summed E-state index contributed by atoms with van der Waals surface area (Å²) in [5, 5.41) is 10.8. The van der Waals surface area contributed by atoms with E-state index in [4.69, 9.17) is 25.8 Å². The lowest BCUT2D eigenvalue weighted by molar-refractivity contribution is -0.0173. The van der Waals surface area contributed by atoms with Crippen molar-refractivity contribution in [3.8, 4) is 17.2 Å². The maximum absolute atomic E-state index is 13.0. The summed E-state index contributed by atoms with van der Waals surface area (Å²) < 4.78 is 16.4. The molecule has 5 nitrogen and oxygen atoms in total. The molecular formula is C21H23ClO5. The van der Waals surface area contributed by atoms with Crippen LogP contribution in [0, 0.1) is 5.92 Å². The largest absolute Gasteiger partial charge is 0.507 e. The fraction of sp³-hybridized carbons (Fsp3) is 0.381. The second-order valence-corrected chi connectivity index (χ2v) is 7.08. The Morgan fingerprint density at radius 1 is 1.30 bits per heavy atom. The second kappa shape index (κ2) is 8.19. The van der Waals surface area contributed by atoms with Crippen molar-refractivity contribution >= 4 is 17.4 Å². The van der Waals surface area contributed by atoms with Gasteiger partial charge in [-0.1, -0.05) is 25.4 Å². The molecule has 1 aliphatic rings. The molecule has 0 aromatic heterocycles. The Hall–Kier alpha value is -2.24. The number of fused-ring (bicyclic) bond motifs is 1. The molecule has 1 N–H and O–H groups in total. The summed E-state index contributed by atoms with van der Waals surface area (Å²) in [6.45, 7) is 6.75. The number of hydrogen-bond donors (Lipinski definition) is 1. The molecule has 2 aromatic rings. The van der Waals surface area contributed by atoms with Crippen LogP contribution in [0.2, 0.25) is 5.02 Å². The Labute approximate surface area is 163 Å². The van der Waals surface area contributed by atoms with Gasteiger partial charge in [-0.2, -0.15) is 0 Å². The first kappa shape index (κ1) is 19.5. The van der Waals surface area contributed by atoms with E-state index in [0.29, 0.717) is 24.0 Å². The molecule has 1 aliphatic heterocycles. The van der Waals surface area contributed by atoms with Crippen LogP contribution in [0.25, 0.3) is 0 Å². The molecular weight excluding hydrogens is 368 g/mol. The highest BCUT2D eigenvalue weighted by Gasteiger charge is 2.29. The average molecular weight is 391 g/mol. The quantitative estimate of drug-likeness (QED) is 0.708. The summed E-state index contributed by atoms with van der Waals surface area (Å²) in [5.41, 5.74) is 2.02. The highest BCUT2D eigenvalue weighted by Crippen LogP contribution is 2.40. The third-order valence-electron chi connectivity index (χ3n) is 4.90. The van der Waals surface area contributed by atoms with Crippen molar-refractivity contribution in [3.05, 3.63) is 52.0 Å². The Morgan fingerprint density at radius 3 is 2.78 bits per heavy atom. The number of aromatic hydroxyl groups is 1. The van der Waals surface area contributed by atoms with Crippen molar-refractivity contribution < 1.29 is 24.1 Å². The number of Topliss-reactive ketones (excluding diaryl/α,β-unsaturated/α-hetero) is 1. The van der Waals surface area contributed by atoms with Crippen LogP contribution < -0.4 is 9.47 Å². The minimum absolute atomic E-state index is 0.0808. The third-order valence-corrected chi connectivity index (χ3v) is 5.12. The van der Waals surface area contributed by atoms with Gasteiger partial charge in [0.05, 0.1) is 18.8 Å². The maximum Gasteiger partial charge on any atom is 0.189 e. The number of phenolic OH excluding ortho intramolecular Hbond substituents is 1. The van der Waals surface area contributed by atoms with Crippen LogP contribution in [-0.4, -0.2) is 24.3 Å². The Kier molecular flexibility index (Phi) is 5.92. The van der Waals surface area contributed by atoms with E-state index in [-0.39, 0.29) is 35.7 Å². The van der Waals surface area contributed by atoms with Crippen molar-refractivity contribution in [2.75, 3.05) is 13.4 Å². The number of ketones is 1. The smallest absolute Gasteiger partial charge is 0.189 e. The van der Waals surface area contributed by atoms with Gasteiger partial charge in [-0.3, -0.25) is 4.79 Å². The van der Waals surface area contributed by atoms with E-state index in [1.54, 1.807) is 12.1 Å². The molecule has 2 atom stereocenters. The van der Waals surface area contributed by atoms with Crippen LogP contribution >= 0.6 is 11.6 Å². The van der Waals surface area contributed by atoms with Crippen LogP contribution in [0.1, 0.15) is 48.2 Å². The zero-order valence-electron chi connectivity index (χ0n) is 15.6. The van der Waals surface area contributed by atoms with Gasteiger partial charge in [0.15, 0.2) is 12.6 Å². The van der Waals surface area contributed by atoms with Gasteiger partial charge in [0.1, 0.15) is 17.2 Å². The SMILES string of the molecule is CCOc1ccc(C(=O)[C@H](C)[C@H](C)c2cc(Cl)cc3c2OCOC3)c(O)c1. The van der Waals surface area contributed by atoms with E-state index in [1.165, 1.54) is 6.07 Å². The molecule has 0 bridgehead atoms. The van der Waals surface area contributed by atoms with Crippen molar-refractivity contribution in [3.63, 3.8) is 0 Å². The first-order valence-electron chi connectivity index (χ1n) is 8.95. The van der Waals surface area contributed by atoms with Crippen molar-refractivity contribution in [2.45, 2.75) is 33.3 Å². The lowest BCUT2D eigenvalue weighted by Crippen LogP contribution is -2.21. The molecule has 0 saturated heterocycles. The van der Waals surface area contributed by atoms with Crippen LogP contribution in [0.3, 0.4) is 0 Å². The highest BCUT2D eigenvalue weighted by atomic mass is 35.5. The molecule has 6 heteroatoms. The van der Waals surface area contributed by atoms with Crippen LogP contribution in [0.5, 0.6) is 17.2 Å². The van der Waals surface area contributed by atoms with E-state index in [0.717, 1.165) is 16.9 Å². The Morgan fingerprint density at radius 2 is 2.07 bits per heavy atom. The fourth-order valence-electron chi connectivity index (χ4n) is 3.26. The van der Waals surface area contributed by atoms with Gasteiger partial charge < -0.3 is 19.3 Å². The summed E-state index contributed by atoms with van der Waals surface area (Å²) in [4.78, 5) is 13.0. The van der Waals surface area contributed by atoms with E-state index >= 15 is 0 Å². The average Bonchev–Trinajstić information content (AvgIpc) is 2.66. The number of phenols is 1. The summed E-state index contributed by atoms with van der Waals surface area (Å²) in [5.74, 6) is 0.488. The van der Waals surface area contributed by atoms with Gasteiger partial charge >= 0.3 is 0 Å². The number of hydrogen-bond acceptors (Lipinski definition) is 5. The van der Waals surface area contributed by atoms with Crippen molar-refractivity contribution in [1.82, 2.24) is 0 Å². The van der Waals surface area contributed by atoms with Gasteiger partial charge in [0.2, 0.25) is 0 Å². The summed E-state index contributed by atoms with van der Waals surface area (Å²) >= 11 is 6.25. The van der Waals surface area contributed by atoms with Crippen LogP contribution in [0.15, 0.2) is 30.3 Å². The van der Waals surface area contributed by atoms with Gasteiger partial charge in [0.25, 0.3) is 0 Å². The molecule has 0 radical (unpaired) electrons. The molecule has 0 spiro atoms. The topological polar surface area (TPSA) is 65.0 Å². The molecule has 144 valence electrons. The number of ether oxygens (including phenoxy) is 3. The third kappa shape index (κ3) is 4.04. The molecule has 27 heavy (non-hydrogen) atoms. The Balaban J connectivity index is 1.88. The van der Waals surface area contributed by atoms with Gasteiger partial charge in [-0.25, -0.2) is 0 Å². The van der Waals surface area contributed by atoms with Gasteiger partial charge in [0, 0.05) is 22.6 Å². The molecule has 0 unspecified atom stereocenters. The summed E-state index contributed by atoms with van der Waals surface area (Å²) in [6, 6.07) is 8.41. The molecule has 0 aliphatic carbocycles. The van der Waals surface area contributed by atoms with Gasteiger partial charge in [-0.15, -0.1) is 0 Å². The zero-order chi connectivity index (χ0) is 19.6. The van der Waals surface area contributed by atoms with Crippen molar-refractivity contribution in [1.29, 1.82) is 0 Å². The number of carbonyl (C=O) groups is 1. The predicted octanol–water partition coefficient (Wildman–Crippen LogP) is 4.93. The number of carbonyl (C=O) groups excluding carboxylic acids is 1. The molecule has 3 rings (SSSR count). The van der Waals surface area contributed by atoms with Crippen LogP contribution in [-0.2, 0) is 11.3 Å².